The molecule has 1 aliphatic heterocycles. The number of rotatable bonds is 3. The van der Waals surface area contributed by atoms with E-state index in [0.29, 0.717) is 43.8 Å². The summed E-state index contributed by atoms with van der Waals surface area (Å²) in [6.45, 7) is 0.954. The Balaban J connectivity index is 1.86. The number of aromatic nitrogens is 1. The molecule has 1 aromatic carbocycles. The summed E-state index contributed by atoms with van der Waals surface area (Å²) in [5.74, 6) is -0.303. The lowest BCUT2D eigenvalue weighted by Gasteiger charge is -2.30. The van der Waals surface area contributed by atoms with E-state index in [1.165, 1.54) is 0 Å². The van der Waals surface area contributed by atoms with Crippen molar-refractivity contribution in [2.24, 2.45) is 0 Å². The van der Waals surface area contributed by atoms with Crippen molar-refractivity contribution in [2.45, 2.75) is 31.1 Å². The number of nitrogens with zero attached hydrogens (tertiary/aromatic N) is 2. The largest absolute Gasteiger partial charge is 0.416 e. The molecule has 1 aliphatic rings. The van der Waals surface area contributed by atoms with Gasteiger partial charge in [0.15, 0.2) is 0 Å². The molecule has 11 heteroatoms. The second-order valence-electron chi connectivity index (χ2n) is 6.66. The Kier molecular flexibility index (Phi) is 6.14. The molecule has 29 heavy (non-hydrogen) atoms. The highest BCUT2D eigenvalue weighted by molar-refractivity contribution is 7.13. The van der Waals surface area contributed by atoms with Gasteiger partial charge in [-0.2, -0.15) is 26.3 Å². The van der Waals surface area contributed by atoms with Crippen molar-refractivity contribution in [2.75, 3.05) is 19.0 Å². The summed E-state index contributed by atoms with van der Waals surface area (Å²) in [4.78, 5) is 17.5. The lowest BCUT2D eigenvalue weighted by atomic mass is 9.94. The van der Waals surface area contributed by atoms with Gasteiger partial charge in [-0.1, -0.05) is 0 Å². The molecular weight excluding hydrogens is 442 g/mol. The van der Waals surface area contributed by atoms with E-state index in [1.807, 2.05) is 0 Å². The van der Waals surface area contributed by atoms with Crippen molar-refractivity contribution in [3.05, 3.63) is 40.4 Å². The van der Waals surface area contributed by atoms with Crippen molar-refractivity contribution >= 4 is 28.8 Å². The van der Waals surface area contributed by atoms with Crippen LogP contribution in [0.4, 0.5) is 26.3 Å². The number of piperidine rings is 1. The lowest BCUT2D eigenvalue weighted by Crippen LogP contribution is -2.38. The number of amides is 1. The summed E-state index contributed by atoms with van der Waals surface area (Å²) >= 11 is 6.54. The molecule has 3 nitrogen and oxygen atoms in total. The highest BCUT2D eigenvalue weighted by atomic mass is 35.5. The van der Waals surface area contributed by atoms with Crippen LogP contribution in [0.15, 0.2) is 23.6 Å². The molecule has 1 aromatic heterocycles. The van der Waals surface area contributed by atoms with Crippen LogP contribution in [0.2, 0.25) is 0 Å². The molecule has 158 valence electrons. The maximum absolute atomic E-state index is 13.1. The van der Waals surface area contributed by atoms with Crippen LogP contribution in [0.3, 0.4) is 0 Å². The first-order chi connectivity index (χ1) is 13.5. The number of hydrogen-bond acceptors (Lipinski definition) is 3. The first-order valence-corrected chi connectivity index (χ1v) is 9.99. The van der Waals surface area contributed by atoms with Crippen LogP contribution in [-0.4, -0.2) is 34.8 Å². The van der Waals surface area contributed by atoms with Crippen molar-refractivity contribution in [3.8, 4) is 10.6 Å². The SMILES string of the molecule is O=C(CCl)N1CCC(c2csc(-c3cc(C(F)(F)F)cc(C(F)(F)F)c3)n2)CC1. The molecule has 1 amide bonds. The Morgan fingerprint density at radius 1 is 1.07 bits per heavy atom. The van der Waals surface area contributed by atoms with Crippen molar-refractivity contribution < 1.29 is 31.1 Å². The molecule has 0 radical (unpaired) electrons. The van der Waals surface area contributed by atoms with Crippen LogP contribution in [0.1, 0.15) is 35.6 Å². The Hall–Kier alpha value is -1.81. The number of benzene rings is 1. The quantitative estimate of drug-likeness (QED) is 0.432. The zero-order chi connectivity index (χ0) is 21.4. The van der Waals surface area contributed by atoms with E-state index in [-0.39, 0.29) is 34.3 Å². The molecule has 1 fully saturated rings. The standard InChI is InChI=1S/C18H15ClF6N2OS/c19-8-15(28)27-3-1-10(2-4-27)14-9-29-16(26-14)11-5-12(17(20,21)22)7-13(6-11)18(23,24)25/h5-7,9-10H,1-4,8H2. The Morgan fingerprint density at radius 2 is 1.62 bits per heavy atom. The van der Waals surface area contributed by atoms with Crippen molar-refractivity contribution in [1.29, 1.82) is 0 Å². The highest BCUT2D eigenvalue weighted by Gasteiger charge is 2.37. The fourth-order valence-electron chi connectivity index (χ4n) is 3.19. The first-order valence-electron chi connectivity index (χ1n) is 8.58. The molecule has 0 bridgehead atoms. The van der Waals surface area contributed by atoms with E-state index in [0.717, 1.165) is 11.3 Å². The van der Waals surface area contributed by atoms with Crippen molar-refractivity contribution in [1.82, 2.24) is 9.88 Å². The maximum atomic E-state index is 13.1. The van der Waals surface area contributed by atoms with Gasteiger partial charge in [0.05, 0.1) is 16.8 Å². The van der Waals surface area contributed by atoms with Gasteiger partial charge in [0, 0.05) is 30.0 Å². The Labute approximate surface area is 171 Å². The summed E-state index contributed by atoms with van der Waals surface area (Å²) in [7, 11) is 0. The lowest BCUT2D eigenvalue weighted by molar-refractivity contribution is -0.143. The number of hydrogen-bond donors (Lipinski definition) is 0. The van der Waals surface area contributed by atoms with E-state index in [2.05, 4.69) is 4.98 Å². The number of carbonyl (C=O) groups is 1. The van der Waals surface area contributed by atoms with E-state index >= 15 is 0 Å². The second-order valence-corrected chi connectivity index (χ2v) is 7.79. The van der Waals surface area contributed by atoms with Gasteiger partial charge in [-0.3, -0.25) is 4.79 Å². The minimum Gasteiger partial charge on any atom is -0.342 e. The zero-order valence-corrected chi connectivity index (χ0v) is 16.4. The molecule has 3 rings (SSSR count). The predicted molar refractivity (Wildman–Crippen MR) is 96.8 cm³/mol. The summed E-state index contributed by atoms with van der Waals surface area (Å²) in [6.07, 6.45) is -8.61. The molecule has 0 unspecified atom stereocenters. The summed E-state index contributed by atoms with van der Waals surface area (Å²) in [5.41, 5.74) is -2.36. The fraction of sp³-hybridized carbons (Fsp3) is 0.444. The third kappa shape index (κ3) is 5.03. The van der Waals surface area contributed by atoms with Crippen LogP contribution in [0.5, 0.6) is 0 Å². The first kappa shape index (κ1) is 21.9. The molecule has 2 heterocycles. The topological polar surface area (TPSA) is 33.2 Å². The van der Waals surface area contributed by atoms with Crippen LogP contribution >= 0.6 is 22.9 Å². The smallest absolute Gasteiger partial charge is 0.342 e. The van der Waals surface area contributed by atoms with Crippen LogP contribution in [0.25, 0.3) is 10.6 Å². The van der Waals surface area contributed by atoms with E-state index in [9.17, 15) is 31.1 Å². The average molecular weight is 457 g/mol. The van der Waals surface area contributed by atoms with Gasteiger partial charge < -0.3 is 4.90 Å². The third-order valence-electron chi connectivity index (χ3n) is 4.74. The monoisotopic (exact) mass is 456 g/mol. The minimum atomic E-state index is -4.90. The number of likely N-dealkylation sites (tertiary alicyclic amines) is 1. The minimum absolute atomic E-state index is 0.0211. The predicted octanol–water partition coefficient (Wildman–Crippen LogP) is 5.79. The normalized spacial score (nSPS) is 16.3. The van der Waals surface area contributed by atoms with E-state index in [4.69, 9.17) is 11.6 Å². The zero-order valence-electron chi connectivity index (χ0n) is 14.8. The number of halogens is 7. The average Bonchev–Trinajstić information content (AvgIpc) is 3.16. The van der Waals surface area contributed by atoms with E-state index < -0.39 is 23.5 Å². The summed E-state index contributed by atoms with van der Waals surface area (Å²) in [5, 5.41) is 1.74. The van der Waals surface area contributed by atoms with Gasteiger partial charge in [0.2, 0.25) is 5.91 Å². The number of thiazole rings is 1. The fourth-order valence-corrected chi connectivity index (χ4v) is 4.25. The summed E-state index contributed by atoms with van der Waals surface area (Å²) < 4.78 is 78.3. The molecule has 1 saturated heterocycles. The number of carbonyl (C=O) groups excluding carboxylic acids is 1. The maximum Gasteiger partial charge on any atom is 0.416 e. The molecule has 0 saturated carbocycles. The number of alkyl halides is 7. The van der Waals surface area contributed by atoms with Gasteiger partial charge in [0.25, 0.3) is 0 Å². The molecule has 0 aliphatic carbocycles. The third-order valence-corrected chi connectivity index (χ3v) is 5.88. The second kappa shape index (κ2) is 8.14. The van der Waals surface area contributed by atoms with Gasteiger partial charge in [-0.05, 0) is 31.0 Å². The van der Waals surface area contributed by atoms with Crippen LogP contribution < -0.4 is 0 Å². The Morgan fingerprint density at radius 3 is 2.10 bits per heavy atom. The molecule has 0 spiro atoms. The van der Waals surface area contributed by atoms with Gasteiger partial charge in [-0.25, -0.2) is 4.98 Å². The molecule has 2 aromatic rings. The molecule has 0 N–H and O–H groups in total. The highest BCUT2D eigenvalue weighted by Crippen LogP contribution is 2.40. The van der Waals surface area contributed by atoms with Gasteiger partial charge in [-0.15, -0.1) is 22.9 Å². The van der Waals surface area contributed by atoms with Gasteiger partial charge in [0.1, 0.15) is 10.9 Å². The Bertz CT molecular complexity index is 855. The van der Waals surface area contributed by atoms with E-state index in [1.54, 1.807) is 10.3 Å². The van der Waals surface area contributed by atoms with Gasteiger partial charge >= 0.3 is 12.4 Å². The van der Waals surface area contributed by atoms with Crippen LogP contribution in [0, 0.1) is 0 Å². The van der Waals surface area contributed by atoms with Crippen molar-refractivity contribution in [3.63, 3.8) is 0 Å². The molecular formula is C18H15ClF6N2OS. The molecule has 0 atom stereocenters. The van der Waals surface area contributed by atoms with Crippen LogP contribution in [-0.2, 0) is 17.1 Å². The summed E-state index contributed by atoms with van der Waals surface area (Å²) in [6, 6.07) is 1.46.